The summed E-state index contributed by atoms with van der Waals surface area (Å²) in [6.07, 6.45) is 2.11. The summed E-state index contributed by atoms with van der Waals surface area (Å²) >= 11 is 6.03. The van der Waals surface area contributed by atoms with Crippen molar-refractivity contribution >= 4 is 30.0 Å². The lowest BCUT2D eigenvalue weighted by Crippen LogP contribution is -2.37. The van der Waals surface area contributed by atoms with Crippen LogP contribution in [0.1, 0.15) is 39.6 Å². The first kappa shape index (κ1) is 25.8. The summed E-state index contributed by atoms with van der Waals surface area (Å²) in [6.45, 7) is 0.445. The largest absolute Gasteiger partial charge is 0.496 e. The molecule has 3 aromatic carbocycles. The first-order valence-electron chi connectivity index (χ1n) is 10.8. The first-order valence-corrected chi connectivity index (χ1v) is 11.2. The molecule has 0 amide bonds. The topological polar surface area (TPSA) is 88.0 Å². The quantitative estimate of drug-likeness (QED) is 0.379. The van der Waals surface area contributed by atoms with Crippen molar-refractivity contribution in [3.05, 3.63) is 87.9 Å². The molecule has 0 saturated heterocycles. The number of rotatable bonds is 8. The predicted molar refractivity (Wildman–Crippen MR) is 134 cm³/mol. The van der Waals surface area contributed by atoms with E-state index in [2.05, 4.69) is 11.4 Å². The van der Waals surface area contributed by atoms with Gasteiger partial charge in [-0.15, -0.1) is 12.4 Å². The Balaban J connectivity index is 0.00000324. The van der Waals surface area contributed by atoms with Gasteiger partial charge in [-0.3, -0.25) is 0 Å². The monoisotopic (exact) mass is 503 g/mol. The van der Waals surface area contributed by atoms with Crippen molar-refractivity contribution in [2.45, 2.75) is 31.4 Å². The molecular formula is C26H27Cl2NO5. The molecular weight excluding hydrogens is 477 g/mol. The Labute approximate surface area is 209 Å². The average molecular weight is 504 g/mol. The van der Waals surface area contributed by atoms with E-state index in [0.717, 1.165) is 24.8 Å². The highest BCUT2D eigenvalue weighted by atomic mass is 35.5. The maximum Gasteiger partial charge on any atom is 0.339 e. The summed E-state index contributed by atoms with van der Waals surface area (Å²) in [5, 5.41) is 23.9. The van der Waals surface area contributed by atoms with Crippen LogP contribution in [0.3, 0.4) is 0 Å². The summed E-state index contributed by atoms with van der Waals surface area (Å²) in [7, 11) is 1.43. The molecule has 4 rings (SSSR count). The van der Waals surface area contributed by atoms with Gasteiger partial charge in [0.2, 0.25) is 0 Å². The first-order chi connectivity index (χ1) is 15.9. The van der Waals surface area contributed by atoms with E-state index in [1.54, 1.807) is 24.3 Å². The number of nitrogens with one attached hydrogen (secondary N) is 1. The van der Waals surface area contributed by atoms with Crippen molar-refractivity contribution in [3.63, 3.8) is 0 Å². The number of benzene rings is 3. The zero-order chi connectivity index (χ0) is 23.4. The molecule has 3 N–H and O–H groups in total. The number of ether oxygens (including phenoxy) is 2. The van der Waals surface area contributed by atoms with Gasteiger partial charge in [-0.05, 0) is 78.4 Å². The van der Waals surface area contributed by atoms with E-state index in [9.17, 15) is 15.0 Å². The summed E-state index contributed by atoms with van der Waals surface area (Å²) < 4.78 is 11.0. The lowest BCUT2D eigenvalue weighted by Gasteiger charge is -2.27. The minimum atomic E-state index is -1.07. The number of aliphatic hydroxyl groups excluding tert-OH is 1. The van der Waals surface area contributed by atoms with Gasteiger partial charge >= 0.3 is 5.97 Å². The average Bonchev–Trinajstić information content (AvgIpc) is 2.82. The van der Waals surface area contributed by atoms with Crippen LogP contribution in [0.15, 0.2) is 60.7 Å². The number of carboxylic acid groups (broad SMARTS) is 1. The molecule has 2 atom stereocenters. The van der Waals surface area contributed by atoms with Crippen LogP contribution in [0, 0.1) is 0 Å². The molecule has 1 aliphatic rings. The lowest BCUT2D eigenvalue weighted by molar-refractivity contribution is 0.0693. The third-order valence-corrected chi connectivity index (χ3v) is 6.11. The molecule has 180 valence electrons. The van der Waals surface area contributed by atoms with E-state index in [-0.39, 0.29) is 29.8 Å². The van der Waals surface area contributed by atoms with Gasteiger partial charge in [-0.2, -0.15) is 0 Å². The van der Waals surface area contributed by atoms with Crippen LogP contribution >= 0.6 is 24.0 Å². The molecule has 0 saturated carbocycles. The number of hydrogen-bond acceptors (Lipinski definition) is 5. The molecule has 34 heavy (non-hydrogen) atoms. The molecule has 6 nitrogen and oxygen atoms in total. The van der Waals surface area contributed by atoms with Gasteiger partial charge in [0.05, 0.1) is 13.2 Å². The molecule has 0 radical (unpaired) electrons. The molecule has 8 heteroatoms. The van der Waals surface area contributed by atoms with Crippen LogP contribution in [0.2, 0.25) is 5.02 Å². The second-order valence-electron chi connectivity index (χ2n) is 8.12. The van der Waals surface area contributed by atoms with E-state index in [1.807, 2.05) is 24.3 Å². The number of aryl methyl sites for hydroxylation is 1. The van der Waals surface area contributed by atoms with Crippen LogP contribution < -0.4 is 14.8 Å². The third kappa shape index (κ3) is 6.21. The van der Waals surface area contributed by atoms with Gasteiger partial charge in [0.1, 0.15) is 22.8 Å². The van der Waals surface area contributed by atoms with Gasteiger partial charge in [0.15, 0.2) is 0 Å². The van der Waals surface area contributed by atoms with Crippen molar-refractivity contribution < 1.29 is 24.5 Å². The second-order valence-corrected chi connectivity index (χ2v) is 8.56. The number of hydrogen-bond donors (Lipinski definition) is 3. The fourth-order valence-electron chi connectivity index (χ4n) is 4.13. The number of methoxy groups -OCH3 is 1. The summed E-state index contributed by atoms with van der Waals surface area (Å²) in [5.41, 5.74) is 3.30. The Morgan fingerprint density at radius 1 is 1.12 bits per heavy atom. The zero-order valence-electron chi connectivity index (χ0n) is 18.7. The summed E-state index contributed by atoms with van der Waals surface area (Å²) in [5.74, 6) is 0.295. The predicted octanol–water partition coefficient (Wildman–Crippen LogP) is 5.44. The van der Waals surface area contributed by atoms with E-state index >= 15 is 0 Å². The number of aromatic carboxylic acids is 1. The van der Waals surface area contributed by atoms with Crippen LogP contribution in [0.4, 0.5) is 0 Å². The van der Waals surface area contributed by atoms with Crippen molar-refractivity contribution in [1.29, 1.82) is 0 Å². The van der Waals surface area contributed by atoms with E-state index in [1.165, 1.54) is 24.3 Å². The number of halogens is 2. The molecule has 0 heterocycles. The second kappa shape index (κ2) is 11.6. The van der Waals surface area contributed by atoms with Crippen molar-refractivity contribution in [3.8, 4) is 17.2 Å². The minimum Gasteiger partial charge on any atom is -0.496 e. The highest BCUT2D eigenvalue weighted by Gasteiger charge is 2.20. The number of fused-ring (bicyclic) bond motifs is 1. The fourth-order valence-corrected chi connectivity index (χ4v) is 4.33. The Morgan fingerprint density at radius 3 is 2.62 bits per heavy atom. The van der Waals surface area contributed by atoms with Gasteiger partial charge < -0.3 is 25.0 Å². The lowest BCUT2D eigenvalue weighted by atomic mass is 9.88. The van der Waals surface area contributed by atoms with Crippen LogP contribution in [-0.4, -0.2) is 35.9 Å². The highest BCUT2D eigenvalue weighted by molar-refractivity contribution is 6.30. The molecule has 3 aromatic rings. The smallest absolute Gasteiger partial charge is 0.339 e. The van der Waals surface area contributed by atoms with Crippen LogP contribution in [-0.2, 0) is 12.8 Å². The normalized spacial score (nSPS) is 15.6. The molecule has 0 spiro atoms. The highest BCUT2D eigenvalue weighted by Crippen LogP contribution is 2.31. The van der Waals surface area contributed by atoms with Gasteiger partial charge in [-0.25, -0.2) is 4.79 Å². The number of carboxylic acids is 1. The zero-order valence-corrected chi connectivity index (χ0v) is 20.2. The van der Waals surface area contributed by atoms with Gasteiger partial charge in [0, 0.05) is 17.6 Å². The van der Waals surface area contributed by atoms with Crippen LogP contribution in [0.25, 0.3) is 0 Å². The molecule has 1 aliphatic carbocycles. The summed E-state index contributed by atoms with van der Waals surface area (Å²) in [4.78, 5) is 11.5. The SMILES string of the molecule is COc1ccc(Oc2ccc3c(c2)C[C@@H](NC[C@@H](O)c2cccc(Cl)c2)CC3)cc1C(=O)O.Cl. The maximum absolute atomic E-state index is 11.5. The fraction of sp³-hybridized carbons (Fsp3) is 0.269. The molecule has 0 aromatic heterocycles. The van der Waals surface area contributed by atoms with Crippen molar-refractivity contribution in [2.75, 3.05) is 13.7 Å². The molecule has 0 aliphatic heterocycles. The van der Waals surface area contributed by atoms with E-state index in [0.29, 0.717) is 23.1 Å². The van der Waals surface area contributed by atoms with E-state index in [4.69, 9.17) is 21.1 Å². The Kier molecular flexibility index (Phi) is 8.80. The van der Waals surface area contributed by atoms with Crippen LogP contribution in [0.5, 0.6) is 17.2 Å². The molecule has 0 bridgehead atoms. The molecule has 0 fully saturated rings. The molecule has 0 unspecified atom stereocenters. The Morgan fingerprint density at radius 2 is 1.88 bits per heavy atom. The Hall–Kier alpha value is -2.77. The maximum atomic E-state index is 11.5. The summed E-state index contributed by atoms with van der Waals surface area (Å²) in [6, 6.07) is 18.2. The number of carbonyl (C=O) groups is 1. The number of aliphatic hydroxyl groups is 1. The van der Waals surface area contributed by atoms with E-state index < -0.39 is 12.1 Å². The third-order valence-electron chi connectivity index (χ3n) is 5.88. The van der Waals surface area contributed by atoms with Gasteiger partial charge in [-0.1, -0.05) is 29.8 Å². The van der Waals surface area contributed by atoms with Gasteiger partial charge in [0.25, 0.3) is 0 Å². The Bertz CT molecular complexity index is 1150. The van der Waals surface area contributed by atoms with Crippen molar-refractivity contribution in [1.82, 2.24) is 5.32 Å². The minimum absolute atomic E-state index is 0. The standard InChI is InChI=1S/C26H26ClNO5.ClH/c1-32-25-10-9-22(14-23(25)26(30)31)33-21-8-6-16-5-7-20(12-18(16)13-21)28-15-24(29)17-3-2-4-19(27)11-17;/h2-4,6,8-11,13-14,20,24,28-29H,5,7,12,15H2,1H3,(H,30,31);1H/t20-,24+;/m0./s1. The van der Waals surface area contributed by atoms with Crippen molar-refractivity contribution in [2.24, 2.45) is 0 Å².